The van der Waals surface area contributed by atoms with E-state index in [1.807, 2.05) is 12.1 Å². The van der Waals surface area contributed by atoms with Crippen LogP contribution in [0.3, 0.4) is 0 Å². The van der Waals surface area contributed by atoms with Gasteiger partial charge in [-0.2, -0.15) is 5.26 Å². The molecule has 0 aliphatic carbocycles. The van der Waals surface area contributed by atoms with Crippen LogP contribution < -0.4 is 4.90 Å². The van der Waals surface area contributed by atoms with Crippen molar-refractivity contribution in [3.63, 3.8) is 0 Å². The summed E-state index contributed by atoms with van der Waals surface area (Å²) >= 11 is 0. The molecule has 122 valence electrons. The molecule has 2 saturated heterocycles. The SMILES string of the molecule is N#Cc1ccc(N2C[C@H]3OCCN(Cc4ccccc4)[C@H]3C2)nc1. The summed E-state index contributed by atoms with van der Waals surface area (Å²) in [6.07, 6.45) is 1.86. The Morgan fingerprint density at radius 3 is 2.79 bits per heavy atom. The average molecular weight is 320 g/mol. The van der Waals surface area contributed by atoms with E-state index in [-0.39, 0.29) is 6.10 Å². The average Bonchev–Trinajstić information content (AvgIpc) is 3.08. The Balaban J connectivity index is 1.48. The molecule has 24 heavy (non-hydrogen) atoms. The molecule has 0 N–H and O–H groups in total. The van der Waals surface area contributed by atoms with E-state index in [1.54, 1.807) is 6.20 Å². The molecular formula is C19H20N4O. The summed E-state index contributed by atoms with van der Waals surface area (Å²) in [6.45, 7) is 4.47. The van der Waals surface area contributed by atoms with E-state index in [0.717, 1.165) is 38.6 Å². The van der Waals surface area contributed by atoms with Gasteiger partial charge in [-0.25, -0.2) is 4.98 Å². The first-order valence-electron chi connectivity index (χ1n) is 8.34. The summed E-state index contributed by atoms with van der Waals surface area (Å²) in [5.74, 6) is 0.923. The van der Waals surface area contributed by atoms with E-state index < -0.39 is 0 Å². The number of morpholine rings is 1. The first-order chi connectivity index (χ1) is 11.8. The second-order valence-corrected chi connectivity index (χ2v) is 6.35. The molecule has 1 aromatic heterocycles. The number of pyridine rings is 1. The number of rotatable bonds is 3. The van der Waals surface area contributed by atoms with Crippen LogP contribution in [0.25, 0.3) is 0 Å². The van der Waals surface area contributed by atoms with E-state index in [2.05, 4.69) is 51.2 Å². The van der Waals surface area contributed by atoms with Crippen molar-refractivity contribution in [3.05, 3.63) is 59.8 Å². The fourth-order valence-corrected chi connectivity index (χ4v) is 3.60. The van der Waals surface area contributed by atoms with Gasteiger partial charge in [0.1, 0.15) is 11.9 Å². The van der Waals surface area contributed by atoms with Crippen LogP contribution in [-0.4, -0.2) is 48.3 Å². The largest absolute Gasteiger partial charge is 0.373 e. The molecule has 0 saturated carbocycles. The quantitative estimate of drug-likeness (QED) is 0.866. The molecule has 5 nitrogen and oxygen atoms in total. The fourth-order valence-electron chi connectivity index (χ4n) is 3.60. The summed E-state index contributed by atoms with van der Waals surface area (Å²) in [5.41, 5.74) is 1.94. The minimum absolute atomic E-state index is 0.222. The summed E-state index contributed by atoms with van der Waals surface area (Å²) in [6, 6.07) is 16.9. The maximum atomic E-state index is 8.91. The van der Waals surface area contributed by atoms with Gasteiger partial charge in [0.05, 0.1) is 24.3 Å². The van der Waals surface area contributed by atoms with Gasteiger partial charge in [0.15, 0.2) is 0 Å². The molecule has 2 fully saturated rings. The van der Waals surface area contributed by atoms with E-state index in [9.17, 15) is 0 Å². The highest BCUT2D eigenvalue weighted by molar-refractivity contribution is 5.44. The molecule has 1 aromatic carbocycles. The molecule has 0 bridgehead atoms. The highest BCUT2D eigenvalue weighted by atomic mass is 16.5. The lowest BCUT2D eigenvalue weighted by atomic mass is 10.1. The summed E-state index contributed by atoms with van der Waals surface area (Å²) in [4.78, 5) is 9.21. The van der Waals surface area contributed by atoms with Crippen LogP contribution >= 0.6 is 0 Å². The van der Waals surface area contributed by atoms with Crippen LogP contribution in [0.15, 0.2) is 48.7 Å². The van der Waals surface area contributed by atoms with Crippen molar-refractivity contribution in [1.82, 2.24) is 9.88 Å². The van der Waals surface area contributed by atoms with Gasteiger partial charge in [0.25, 0.3) is 0 Å². The smallest absolute Gasteiger partial charge is 0.128 e. The zero-order chi connectivity index (χ0) is 16.4. The van der Waals surface area contributed by atoms with Crippen LogP contribution in [0, 0.1) is 11.3 Å². The maximum Gasteiger partial charge on any atom is 0.128 e. The van der Waals surface area contributed by atoms with E-state index in [4.69, 9.17) is 10.00 Å². The number of benzene rings is 1. The van der Waals surface area contributed by atoms with Crippen molar-refractivity contribution < 1.29 is 4.74 Å². The monoisotopic (exact) mass is 320 g/mol. The van der Waals surface area contributed by atoms with Gasteiger partial charge >= 0.3 is 0 Å². The molecule has 2 aromatic rings. The number of nitrogens with zero attached hydrogens (tertiary/aromatic N) is 4. The van der Waals surface area contributed by atoms with E-state index in [0.29, 0.717) is 11.6 Å². The Hall–Kier alpha value is -2.42. The number of ether oxygens (including phenoxy) is 1. The highest BCUT2D eigenvalue weighted by Crippen LogP contribution is 2.27. The summed E-state index contributed by atoms with van der Waals surface area (Å²) in [5, 5.41) is 8.91. The Labute approximate surface area is 142 Å². The Morgan fingerprint density at radius 1 is 1.17 bits per heavy atom. The van der Waals surface area contributed by atoms with Gasteiger partial charge in [0.2, 0.25) is 0 Å². The van der Waals surface area contributed by atoms with Crippen LogP contribution in [0.2, 0.25) is 0 Å². The molecule has 3 heterocycles. The number of nitriles is 1. The van der Waals surface area contributed by atoms with Crippen molar-refractivity contribution in [1.29, 1.82) is 5.26 Å². The second-order valence-electron chi connectivity index (χ2n) is 6.35. The molecule has 0 radical (unpaired) electrons. The number of aromatic nitrogens is 1. The predicted octanol–water partition coefficient (Wildman–Crippen LogP) is 2.04. The normalized spacial score (nSPS) is 23.7. The van der Waals surface area contributed by atoms with Gasteiger partial charge in [-0.15, -0.1) is 0 Å². The molecule has 4 rings (SSSR count). The fraction of sp³-hybridized carbons (Fsp3) is 0.368. The van der Waals surface area contributed by atoms with Crippen molar-refractivity contribution in [2.24, 2.45) is 0 Å². The zero-order valence-electron chi connectivity index (χ0n) is 13.5. The molecule has 2 aliphatic heterocycles. The van der Waals surface area contributed by atoms with Crippen LogP contribution in [0.1, 0.15) is 11.1 Å². The molecule has 2 atom stereocenters. The van der Waals surface area contributed by atoms with Crippen LogP contribution in [-0.2, 0) is 11.3 Å². The number of hydrogen-bond donors (Lipinski definition) is 0. The van der Waals surface area contributed by atoms with Gasteiger partial charge in [-0.3, -0.25) is 4.90 Å². The first kappa shape index (κ1) is 15.1. The van der Waals surface area contributed by atoms with Crippen molar-refractivity contribution in [2.75, 3.05) is 31.1 Å². The second kappa shape index (κ2) is 6.60. The van der Waals surface area contributed by atoms with Gasteiger partial charge < -0.3 is 9.64 Å². The van der Waals surface area contributed by atoms with Crippen molar-refractivity contribution >= 4 is 5.82 Å². The van der Waals surface area contributed by atoms with Crippen LogP contribution in [0.5, 0.6) is 0 Å². The van der Waals surface area contributed by atoms with Crippen molar-refractivity contribution in [2.45, 2.75) is 18.7 Å². The third-order valence-corrected chi connectivity index (χ3v) is 4.85. The Bertz CT molecular complexity index is 725. The van der Waals surface area contributed by atoms with E-state index in [1.165, 1.54) is 5.56 Å². The Morgan fingerprint density at radius 2 is 2.04 bits per heavy atom. The summed E-state index contributed by atoms with van der Waals surface area (Å²) in [7, 11) is 0. The lowest BCUT2D eigenvalue weighted by molar-refractivity contribution is -0.0499. The Kier molecular flexibility index (Phi) is 4.16. The third kappa shape index (κ3) is 2.99. The van der Waals surface area contributed by atoms with Crippen LogP contribution in [0.4, 0.5) is 5.82 Å². The third-order valence-electron chi connectivity index (χ3n) is 4.85. The minimum atomic E-state index is 0.222. The maximum absolute atomic E-state index is 8.91. The molecule has 0 spiro atoms. The number of fused-ring (bicyclic) bond motifs is 1. The lowest BCUT2D eigenvalue weighted by Gasteiger charge is -2.36. The first-order valence-corrected chi connectivity index (χ1v) is 8.34. The van der Waals surface area contributed by atoms with Gasteiger partial charge in [0, 0.05) is 32.4 Å². The minimum Gasteiger partial charge on any atom is -0.373 e. The molecule has 5 heteroatoms. The zero-order valence-corrected chi connectivity index (χ0v) is 13.5. The van der Waals surface area contributed by atoms with Gasteiger partial charge in [-0.05, 0) is 17.7 Å². The number of hydrogen-bond acceptors (Lipinski definition) is 5. The van der Waals surface area contributed by atoms with Crippen molar-refractivity contribution in [3.8, 4) is 6.07 Å². The predicted molar refractivity (Wildman–Crippen MR) is 91.5 cm³/mol. The standard InChI is InChI=1S/C19H20N4O/c20-10-16-6-7-19(21-11-16)23-13-17-18(14-23)24-9-8-22(17)12-15-4-2-1-3-5-15/h1-7,11,17-18H,8-9,12-14H2/t17-,18+/m0/s1. The molecule has 0 amide bonds. The van der Waals surface area contributed by atoms with Gasteiger partial charge in [-0.1, -0.05) is 30.3 Å². The lowest BCUT2D eigenvalue weighted by Crippen LogP contribution is -2.50. The molecular weight excluding hydrogens is 300 g/mol. The topological polar surface area (TPSA) is 52.4 Å². The van der Waals surface area contributed by atoms with E-state index >= 15 is 0 Å². The highest BCUT2D eigenvalue weighted by Gasteiger charge is 2.40. The molecule has 2 aliphatic rings. The molecule has 0 unspecified atom stereocenters. The summed E-state index contributed by atoms with van der Waals surface area (Å²) < 4.78 is 6.00. The number of anilines is 1.